The van der Waals surface area contributed by atoms with Gasteiger partial charge in [-0.1, -0.05) is 12.1 Å². The number of rotatable bonds is 9. The summed E-state index contributed by atoms with van der Waals surface area (Å²) in [5, 5.41) is 8.83. The van der Waals surface area contributed by atoms with Crippen LogP contribution in [0.25, 0.3) is 17.1 Å². The van der Waals surface area contributed by atoms with Crippen LogP contribution in [0.1, 0.15) is 16.8 Å². The zero-order valence-corrected chi connectivity index (χ0v) is 22.2. The zero-order valence-electron chi connectivity index (χ0n) is 22.2. The number of nitrogens with zero attached hydrogens (tertiary/aromatic N) is 3. The number of ether oxygens (including phenoxy) is 3. The number of carbonyl (C=O) groups is 1. The van der Waals surface area contributed by atoms with Gasteiger partial charge in [-0.25, -0.2) is 9.78 Å². The number of benzene rings is 3. The van der Waals surface area contributed by atoms with Gasteiger partial charge in [0.15, 0.2) is 6.61 Å². The molecule has 5 rings (SSSR count). The second-order valence-electron chi connectivity index (χ2n) is 9.52. The number of hydrogen-bond donors (Lipinski definition) is 1. The summed E-state index contributed by atoms with van der Waals surface area (Å²) >= 11 is 0. The SMILES string of the molecule is Cc1cc(OCc2cn(-c3ccc(N4CCOCC4)cc3)c(-c3cccc(C(F)(F)F)c3)n2)ccc1OCC(=O)O. The largest absolute Gasteiger partial charge is 0.487 e. The van der Waals surface area contributed by atoms with Crippen molar-refractivity contribution in [3.05, 3.63) is 89.7 Å². The van der Waals surface area contributed by atoms with E-state index >= 15 is 0 Å². The first-order valence-electron chi connectivity index (χ1n) is 12.9. The maximum absolute atomic E-state index is 13.5. The van der Waals surface area contributed by atoms with Gasteiger partial charge in [-0.15, -0.1) is 0 Å². The molecule has 1 aromatic heterocycles. The van der Waals surface area contributed by atoms with Gasteiger partial charge >= 0.3 is 12.1 Å². The van der Waals surface area contributed by atoms with Crippen molar-refractivity contribution in [2.45, 2.75) is 19.7 Å². The number of hydrogen-bond acceptors (Lipinski definition) is 6. The Labute approximate surface area is 234 Å². The smallest absolute Gasteiger partial charge is 0.416 e. The van der Waals surface area contributed by atoms with Gasteiger partial charge < -0.3 is 24.2 Å². The highest BCUT2D eigenvalue weighted by Crippen LogP contribution is 2.33. The highest BCUT2D eigenvalue weighted by molar-refractivity contribution is 5.68. The molecule has 4 aromatic rings. The van der Waals surface area contributed by atoms with Gasteiger partial charge in [0.1, 0.15) is 23.9 Å². The molecule has 0 bridgehead atoms. The van der Waals surface area contributed by atoms with E-state index in [2.05, 4.69) is 9.88 Å². The first kappa shape index (κ1) is 28.0. The molecule has 0 unspecified atom stereocenters. The van der Waals surface area contributed by atoms with E-state index in [0.29, 0.717) is 47.4 Å². The van der Waals surface area contributed by atoms with E-state index < -0.39 is 24.3 Å². The molecule has 1 aliphatic heterocycles. The number of morpholine rings is 1. The molecule has 214 valence electrons. The summed E-state index contributed by atoms with van der Waals surface area (Å²) < 4.78 is 58.8. The fourth-order valence-corrected chi connectivity index (χ4v) is 4.55. The minimum absolute atomic E-state index is 0.0552. The number of imidazole rings is 1. The second-order valence-corrected chi connectivity index (χ2v) is 9.52. The number of halogens is 3. The van der Waals surface area contributed by atoms with Crippen LogP contribution in [0.3, 0.4) is 0 Å². The standard InChI is InChI=1S/C30H28F3N3O5/c1-20-15-26(9-10-27(20)41-19-28(37)38)40-18-23-17-36(25-7-5-24(6-8-25)35-11-13-39-14-12-35)29(34-23)21-3-2-4-22(16-21)30(31,32)33/h2-10,15-17H,11-14,18-19H2,1H3,(H,37,38). The number of anilines is 1. The highest BCUT2D eigenvalue weighted by Gasteiger charge is 2.31. The van der Waals surface area contributed by atoms with Crippen LogP contribution in [0.5, 0.6) is 11.5 Å². The Bertz CT molecular complexity index is 1510. The van der Waals surface area contributed by atoms with E-state index in [1.807, 2.05) is 24.3 Å². The molecule has 0 saturated carbocycles. The molecule has 0 amide bonds. The number of aliphatic carboxylic acids is 1. The van der Waals surface area contributed by atoms with Gasteiger partial charge in [0.25, 0.3) is 0 Å². The topological polar surface area (TPSA) is 86.0 Å². The van der Waals surface area contributed by atoms with E-state index in [9.17, 15) is 18.0 Å². The Hall–Kier alpha value is -4.51. The lowest BCUT2D eigenvalue weighted by Gasteiger charge is -2.29. The van der Waals surface area contributed by atoms with E-state index in [4.69, 9.17) is 19.3 Å². The summed E-state index contributed by atoms with van der Waals surface area (Å²) in [4.78, 5) is 17.6. The molecule has 41 heavy (non-hydrogen) atoms. The summed E-state index contributed by atoms with van der Waals surface area (Å²) in [6.07, 6.45) is -2.74. The normalized spacial score (nSPS) is 13.7. The number of carboxylic acids is 1. The molecule has 1 fully saturated rings. The van der Waals surface area contributed by atoms with Crippen molar-refractivity contribution in [3.63, 3.8) is 0 Å². The van der Waals surface area contributed by atoms with Crippen molar-refractivity contribution < 1.29 is 37.3 Å². The molecular formula is C30H28F3N3O5. The Morgan fingerprint density at radius 1 is 1.00 bits per heavy atom. The number of carboxylic acid groups (broad SMARTS) is 1. The van der Waals surface area contributed by atoms with Gasteiger partial charge in [-0.2, -0.15) is 13.2 Å². The molecule has 1 saturated heterocycles. The Balaban J connectivity index is 1.42. The van der Waals surface area contributed by atoms with Gasteiger partial charge in [0.2, 0.25) is 0 Å². The predicted molar refractivity (Wildman–Crippen MR) is 146 cm³/mol. The molecule has 11 heteroatoms. The first-order valence-corrected chi connectivity index (χ1v) is 12.9. The minimum atomic E-state index is -4.49. The molecule has 1 aliphatic rings. The summed E-state index contributed by atoms with van der Waals surface area (Å²) in [5.74, 6) is 0.210. The minimum Gasteiger partial charge on any atom is -0.487 e. The Morgan fingerprint density at radius 2 is 1.73 bits per heavy atom. The molecule has 8 nitrogen and oxygen atoms in total. The molecule has 2 heterocycles. The van der Waals surface area contributed by atoms with Gasteiger partial charge in [-0.05, 0) is 67.1 Å². The quantitative estimate of drug-likeness (QED) is 0.276. The Morgan fingerprint density at radius 3 is 2.41 bits per heavy atom. The van der Waals surface area contributed by atoms with Crippen molar-refractivity contribution >= 4 is 11.7 Å². The van der Waals surface area contributed by atoms with Gasteiger partial charge in [0, 0.05) is 36.2 Å². The third-order valence-electron chi connectivity index (χ3n) is 6.59. The maximum atomic E-state index is 13.5. The third kappa shape index (κ3) is 6.80. The van der Waals surface area contributed by atoms with Crippen LogP contribution in [0, 0.1) is 6.92 Å². The summed E-state index contributed by atoms with van der Waals surface area (Å²) in [7, 11) is 0. The van der Waals surface area contributed by atoms with Crippen LogP contribution >= 0.6 is 0 Å². The number of aromatic nitrogens is 2. The van der Waals surface area contributed by atoms with Crippen LogP contribution in [0.15, 0.2) is 72.9 Å². The molecule has 3 aromatic carbocycles. The van der Waals surface area contributed by atoms with Crippen LogP contribution < -0.4 is 14.4 Å². The van der Waals surface area contributed by atoms with E-state index in [1.165, 1.54) is 6.07 Å². The zero-order chi connectivity index (χ0) is 29.0. The van der Waals surface area contributed by atoms with Gasteiger partial charge in [0.05, 0.1) is 24.5 Å². The number of alkyl halides is 3. The maximum Gasteiger partial charge on any atom is 0.416 e. The first-order chi connectivity index (χ1) is 19.7. The predicted octanol–water partition coefficient (Wildman–Crippen LogP) is 5.75. The lowest BCUT2D eigenvalue weighted by Crippen LogP contribution is -2.36. The summed E-state index contributed by atoms with van der Waals surface area (Å²) in [5.41, 5.74) is 2.54. The van der Waals surface area contributed by atoms with E-state index in [0.717, 1.165) is 36.6 Å². The van der Waals surface area contributed by atoms with Crippen LogP contribution in [-0.4, -0.2) is 53.5 Å². The highest BCUT2D eigenvalue weighted by atomic mass is 19.4. The summed E-state index contributed by atoms with van der Waals surface area (Å²) in [6.45, 7) is 4.25. The van der Waals surface area contributed by atoms with Crippen molar-refractivity contribution in [2.24, 2.45) is 0 Å². The average Bonchev–Trinajstić information content (AvgIpc) is 3.40. The van der Waals surface area contributed by atoms with Crippen LogP contribution in [0.2, 0.25) is 0 Å². The van der Waals surface area contributed by atoms with Crippen molar-refractivity contribution in [2.75, 3.05) is 37.8 Å². The Kier molecular flexibility index (Phi) is 8.16. The molecule has 1 N–H and O–H groups in total. The lowest BCUT2D eigenvalue weighted by atomic mass is 10.1. The molecular weight excluding hydrogens is 539 g/mol. The molecule has 0 radical (unpaired) electrons. The molecule has 0 atom stereocenters. The summed E-state index contributed by atoms with van der Waals surface area (Å²) in [6, 6.07) is 17.8. The van der Waals surface area contributed by atoms with Crippen LogP contribution in [-0.2, 0) is 22.3 Å². The van der Waals surface area contributed by atoms with Crippen molar-refractivity contribution in [1.29, 1.82) is 0 Å². The van der Waals surface area contributed by atoms with E-state index in [-0.39, 0.29) is 6.61 Å². The lowest BCUT2D eigenvalue weighted by molar-refractivity contribution is -0.139. The number of aryl methyl sites for hydroxylation is 1. The average molecular weight is 568 g/mol. The van der Waals surface area contributed by atoms with Crippen LogP contribution in [0.4, 0.5) is 18.9 Å². The molecule has 0 spiro atoms. The fourth-order valence-electron chi connectivity index (χ4n) is 4.55. The fraction of sp³-hybridized carbons (Fsp3) is 0.267. The monoisotopic (exact) mass is 567 g/mol. The molecule has 0 aliphatic carbocycles. The van der Waals surface area contributed by atoms with E-state index in [1.54, 1.807) is 42.0 Å². The van der Waals surface area contributed by atoms with Crippen molar-refractivity contribution in [1.82, 2.24) is 9.55 Å². The second kappa shape index (κ2) is 11.9. The third-order valence-corrected chi connectivity index (χ3v) is 6.59. The van der Waals surface area contributed by atoms with Gasteiger partial charge in [-0.3, -0.25) is 4.57 Å². The van der Waals surface area contributed by atoms with Crippen molar-refractivity contribution in [3.8, 4) is 28.6 Å².